The van der Waals surface area contributed by atoms with Crippen LogP contribution in [0.4, 0.5) is 0 Å². The summed E-state index contributed by atoms with van der Waals surface area (Å²) in [6, 6.07) is 19.4. The van der Waals surface area contributed by atoms with E-state index in [0.717, 1.165) is 58.0 Å². The summed E-state index contributed by atoms with van der Waals surface area (Å²) in [5.41, 5.74) is 5.40. The Bertz CT molecular complexity index is 1780. The van der Waals surface area contributed by atoms with Gasteiger partial charge in [0.05, 0.1) is 23.9 Å². The van der Waals surface area contributed by atoms with Gasteiger partial charge in [0.15, 0.2) is 10.9 Å². The molecule has 40 heavy (non-hydrogen) atoms. The molecule has 2 aromatic carbocycles. The fourth-order valence-corrected chi connectivity index (χ4v) is 7.97. The number of carbonyl (C=O) groups excluding carboxylic acids is 1. The highest BCUT2D eigenvalue weighted by molar-refractivity contribution is 7.99. The van der Waals surface area contributed by atoms with Crippen molar-refractivity contribution >= 4 is 39.1 Å². The molecule has 1 atom stereocenters. The first-order chi connectivity index (χ1) is 19.4. The average molecular weight is 570 g/mol. The van der Waals surface area contributed by atoms with E-state index >= 15 is 0 Å². The summed E-state index contributed by atoms with van der Waals surface area (Å²) < 4.78 is 9.06. The first-order valence-corrected chi connectivity index (χ1v) is 15.3. The van der Waals surface area contributed by atoms with Gasteiger partial charge in [-0.15, -0.1) is 11.3 Å². The highest BCUT2D eigenvalue weighted by atomic mass is 32.2. The Morgan fingerprint density at radius 1 is 1.07 bits per heavy atom. The Kier molecular flexibility index (Phi) is 7.15. The van der Waals surface area contributed by atoms with Crippen molar-refractivity contribution in [3.05, 3.63) is 98.4 Å². The Balaban J connectivity index is 1.36. The van der Waals surface area contributed by atoms with Crippen molar-refractivity contribution in [3.8, 4) is 17.1 Å². The zero-order chi connectivity index (χ0) is 28.0. The van der Waals surface area contributed by atoms with E-state index in [1.54, 1.807) is 23.0 Å². The lowest BCUT2D eigenvalue weighted by Crippen LogP contribution is -2.23. The van der Waals surface area contributed by atoms with E-state index < -0.39 is 0 Å². The van der Waals surface area contributed by atoms with Gasteiger partial charge in [-0.1, -0.05) is 36.9 Å². The molecule has 0 N–H and O–H groups in total. The number of benzene rings is 2. The molecule has 0 bridgehead atoms. The van der Waals surface area contributed by atoms with E-state index in [4.69, 9.17) is 9.72 Å². The van der Waals surface area contributed by atoms with Crippen LogP contribution in [-0.4, -0.2) is 32.8 Å². The molecule has 6 rings (SSSR count). The molecule has 0 aliphatic heterocycles. The lowest BCUT2D eigenvalue weighted by atomic mass is 9.89. The van der Waals surface area contributed by atoms with E-state index in [-0.39, 0.29) is 17.1 Å². The molecule has 5 aromatic rings. The maximum atomic E-state index is 14.0. The van der Waals surface area contributed by atoms with Gasteiger partial charge in [0.1, 0.15) is 10.6 Å². The van der Waals surface area contributed by atoms with Crippen LogP contribution in [0.1, 0.15) is 45.5 Å². The SMILES string of the molecule is COc1ccc(-n2c(C)cc(C(=O)CSc3nc4sc5c(c4c(=O)n3-c3ccccc3)CC[C@@H](C)C5)c2C)cc1. The largest absolute Gasteiger partial charge is 0.497 e. The highest BCUT2D eigenvalue weighted by Gasteiger charge is 2.26. The fourth-order valence-electron chi connectivity index (χ4n) is 5.65. The summed E-state index contributed by atoms with van der Waals surface area (Å²) in [6.07, 6.45) is 2.99. The summed E-state index contributed by atoms with van der Waals surface area (Å²) >= 11 is 2.97. The van der Waals surface area contributed by atoms with Gasteiger partial charge < -0.3 is 9.30 Å². The molecule has 0 radical (unpaired) electrons. The van der Waals surface area contributed by atoms with Crippen LogP contribution in [0.15, 0.2) is 70.6 Å². The molecule has 6 nitrogen and oxygen atoms in total. The number of fused-ring (bicyclic) bond motifs is 3. The number of methoxy groups -OCH3 is 1. The number of aryl methyl sites for hydroxylation is 2. The van der Waals surface area contributed by atoms with E-state index in [1.165, 1.54) is 22.2 Å². The molecule has 3 heterocycles. The van der Waals surface area contributed by atoms with Crippen LogP contribution < -0.4 is 10.3 Å². The number of ether oxygens (including phenoxy) is 1. The number of nitrogens with zero attached hydrogens (tertiary/aromatic N) is 3. The van der Waals surface area contributed by atoms with Crippen LogP contribution in [0.2, 0.25) is 0 Å². The second kappa shape index (κ2) is 10.7. The molecule has 8 heteroatoms. The number of hydrogen-bond acceptors (Lipinski definition) is 6. The number of aromatic nitrogens is 3. The van der Waals surface area contributed by atoms with E-state index in [0.29, 0.717) is 16.6 Å². The molecule has 204 valence electrons. The number of ketones is 1. The van der Waals surface area contributed by atoms with E-state index in [1.807, 2.05) is 74.5 Å². The molecule has 1 aliphatic carbocycles. The van der Waals surface area contributed by atoms with Crippen LogP contribution in [0.5, 0.6) is 5.75 Å². The quantitative estimate of drug-likeness (QED) is 0.120. The van der Waals surface area contributed by atoms with Crippen molar-refractivity contribution in [1.82, 2.24) is 14.1 Å². The lowest BCUT2D eigenvalue weighted by molar-refractivity contribution is 0.102. The Hall–Kier alpha value is -3.62. The number of Topliss-reactive ketones (excluding diaryl/α,β-unsaturated/α-hetero) is 1. The molecule has 0 fully saturated rings. The second-order valence-electron chi connectivity index (χ2n) is 10.4. The topological polar surface area (TPSA) is 66.1 Å². The van der Waals surface area contributed by atoms with Crippen LogP contribution in [0.3, 0.4) is 0 Å². The third-order valence-electron chi connectivity index (χ3n) is 7.71. The number of rotatable bonds is 7. The predicted molar refractivity (Wildman–Crippen MR) is 163 cm³/mol. The molecule has 3 aromatic heterocycles. The van der Waals surface area contributed by atoms with E-state index in [2.05, 4.69) is 11.5 Å². The van der Waals surface area contributed by atoms with Gasteiger partial charge in [-0.25, -0.2) is 4.98 Å². The van der Waals surface area contributed by atoms with Crippen molar-refractivity contribution in [2.45, 2.75) is 45.2 Å². The van der Waals surface area contributed by atoms with Crippen molar-refractivity contribution in [2.75, 3.05) is 12.9 Å². The van der Waals surface area contributed by atoms with E-state index in [9.17, 15) is 9.59 Å². The van der Waals surface area contributed by atoms with Gasteiger partial charge in [0.25, 0.3) is 5.56 Å². The maximum absolute atomic E-state index is 14.0. The summed E-state index contributed by atoms with van der Waals surface area (Å²) in [7, 11) is 1.65. The van der Waals surface area contributed by atoms with Crippen LogP contribution in [0, 0.1) is 19.8 Å². The number of thiophene rings is 1. The van der Waals surface area contributed by atoms with Gasteiger partial charge in [-0.05, 0) is 87.1 Å². The van der Waals surface area contributed by atoms with Crippen molar-refractivity contribution in [2.24, 2.45) is 5.92 Å². The summed E-state index contributed by atoms with van der Waals surface area (Å²) in [6.45, 7) is 6.24. The van der Waals surface area contributed by atoms with Gasteiger partial charge in [0.2, 0.25) is 0 Å². The third kappa shape index (κ3) is 4.69. The monoisotopic (exact) mass is 569 g/mol. The summed E-state index contributed by atoms with van der Waals surface area (Å²) in [5.74, 6) is 1.58. The maximum Gasteiger partial charge on any atom is 0.267 e. The molecule has 0 unspecified atom stereocenters. The van der Waals surface area contributed by atoms with Crippen molar-refractivity contribution in [1.29, 1.82) is 0 Å². The first-order valence-electron chi connectivity index (χ1n) is 13.5. The highest BCUT2D eigenvalue weighted by Crippen LogP contribution is 2.37. The smallest absolute Gasteiger partial charge is 0.267 e. The Labute approximate surface area is 241 Å². The van der Waals surface area contributed by atoms with Crippen molar-refractivity contribution < 1.29 is 9.53 Å². The van der Waals surface area contributed by atoms with Crippen LogP contribution >= 0.6 is 23.1 Å². The molecule has 0 amide bonds. The zero-order valence-corrected chi connectivity index (χ0v) is 24.7. The molecular weight excluding hydrogens is 539 g/mol. The fraction of sp³-hybridized carbons (Fsp3) is 0.281. The van der Waals surface area contributed by atoms with Crippen molar-refractivity contribution in [3.63, 3.8) is 0 Å². The second-order valence-corrected chi connectivity index (χ2v) is 12.5. The minimum Gasteiger partial charge on any atom is -0.497 e. The van der Waals surface area contributed by atoms with Gasteiger partial charge in [-0.2, -0.15) is 0 Å². The first kappa shape index (κ1) is 26.6. The number of carbonyl (C=O) groups is 1. The molecule has 0 saturated heterocycles. The van der Waals surface area contributed by atoms with Gasteiger partial charge in [0, 0.05) is 27.5 Å². The predicted octanol–water partition coefficient (Wildman–Crippen LogP) is 6.96. The number of para-hydroxylation sites is 1. The lowest BCUT2D eigenvalue weighted by Gasteiger charge is -2.17. The Morgan fingerprint density at radius 3 is 2.52 bits per heavy atom. The standard InChI is InChI=1S/C32H31N3O3S2/c1-19-10-15-25-28(16-19)40-30-29(25)31(37)35(22-8-6-5-7-9-22)32(33-30)39-18-27(36)26-17-20(2)34(21(26)3)23-11-13-24(38-4)14-12-23/h5-9,11-14,17,19H,10,15-16,18H2,1-4H3/t19-/m1/s1. The average Bonchev–Trinajstić information content (AvgIpc) is 3.47. The van der Waals surface area contributed by atoms with Crippen LogP contribution in [0.25, 0.3) is 21.6 Å². The number of hydrogen-bond donors (Lipinski definition) is 0. The Morgan fingerprint density at radius 2 is 1.80 bits per heavy atom. The molecular formula is C32H31N3O3S2. The number of thioether (sulfide) groups is 1. The van der Waals surface area contributed by atoms with Gasteiger partial charge >= 0.3 is 0 Å². The summed E-state index contributed by atoms with van der Waals surface area (Å²) in [5, 5.41) is 1.29. The minimum absolute atomic E-state index is 0.00566. The van der Waals surface area contributed by atoms with Crippen LogP contribution in [-0.2, 0) is 12.8 Å². The molecule has 0 saturated carbocycles. The summed E-state index contributed by atoms with van der Waals surface area (Å²) in [4.78, 5) is 34.6. The zero-order valence-electron chi connectivity index (χ0n) is 23.1. The van der Waals surface area contributed by atoms with Gasteiger partial charge in [-0.3, -0.25) is 14.2 Å². The molecule has 0 spiro atoms. The minimum atomic E-state index is -0.0455. The third-order valence-corrected chi connectivity index (χ3v) is 9.79. The normalized spacial score (nSPS) is 14.8. The molecule has 1 aliphatic rings.